The van der Waals surface area contributed by atoms with Gasteiger partial charge < -0.3 is 19.9 Å². The molecule has 0 saturated carbocycles. The molecule has 0 bridgehead atoms. The van der Waals surface area contributed by atoms with Crippen molar-refractivity contribution in [1.82, 2.24) is 14.8 Å². The summed E-state index contributed by atoms with van der Waals surface area (Å²) in [6, 6.07) is 3.95. The lowest BCUT2D eigenvalue weighted by molar-refractivity contribution is -0.105. The Balaban J connectivity index is 1.88. The van der Waals surface area contributed by atoms with Crippen LogP contribution in [0.2, 0.25) is 0 Å². The maximum absolute atomic E-state index is 13.3. The van der Waals surface area contributed by atoms with E-state index >= 15 is 0 Å². The Labute approximate surface area is 173 Å². The van der Waals surface area contributed by atoms with E-state index < -0.39 is 0 Å². The molecule has 0 spiro atoms. The largest absolute Gasteiger partial charge is 0.496 e. The number of hydrogen-bond donors (Lipinski definition) is 1. The van der Waals surface area contributed by atoms with Crippen molar-refractivity contribution >= 4 is 40.5 Å². The van der Waals surface area contributed by atoms with Gasteiger partial charge in [-0.25, -0.2) is 4.98 Å². The minimum absolute atomic E-state index is 0.00749. The SMILES string of the molecule is COc1cc(C)c(Sc2cnc(NC=O)s2)cc1C(=O)N1CCN(C)C[C@H]1C. The minimum atomic E-state index is -0.00749. The van der Waals surface area contributed by atoms with Gasteiger partial charge in [-0.1, -0.05) is 23.1 Å². The van der Waals surface area contributed by atoms with Gasteiger partial charge in [-0.2, -0.15) is 0 Å². The van der Waals surface area contributed by atoms with Crippen molar-refractivity contribution in [3.05, 3.63) is 29.5 Å². The van der Waals surface area contributed by atoms with E-state index in [1.807, 2.05) is 24.0 Å². The van der Waals surface area contributed by atoms with Crippen LogP contribution in [0.3, 0.4) is 0 Å². The van der Waals surface area contributed by atoms with Gasteiger partial charge >= 0.3 is 0 Å². The molecule has 150 valence electrons. The molecule has 1 atom stereocenters. The number of piperazine rings is 1. The van der Waals surface area contributed by atoms with Crippen LogP contribution < -0.4 is 10.1 Å². The van der Waals surface area contributed by atoms with Crippen molar-refractivity contribution in [2.24, 2.45) is 0 Å². The molecule has 7 nitrogen and oxygen atoms in total. The Morgan fingerprint density at radius 3 is 2.89 bits per heavy atom. The van der Waals surface area contributed by atoms with E-state index in [2.05, 4.69) is 29.2 Å². The lowest BCUT2D eigenvalue weighted by Crippen LogP contribution is -2.52. The second-order valence-corrected chi connectivity index (χ2v) is 9.15. The third-order valence-electron chi connectivity index (χ3n) is 4.70. The van der Waals surface area contributed by atoms with Crippen LogP contribution in [0.1, 0.15) is 22.8 Å². The van der Waals surface area contributed by atoms with Crippen LogP contribution in [0.25, 0.3) is 0 Å². The number of nitrogens with zero attached hydrogens (tertiary/aromatic N) is 3. The second kappa shape index (κ2) is 8.93. The predicted molar refractivity (Wildman–Crippen MR) is 112 cm³/mol. The number of benzene rings is 1. The van der Waals surface area contributed by atoms with Crippen LogP contribution in [0, 0.1) is 6.92 Å². The number of nitrogens with one attached hydrogen (secondary N) is 1. The quantitative estimate of drug-likeness (QED) is 0.725. The second-order valence-electron chi connectivity index (χ2n) is 6.78. The van der Waals surface area contributed by atoms with Crippen LogP contribution in [0.5, 0.6) is 5.75 Å². The summed E-state index contributed by atoms with van der Waals surface area (Å²) in [5.41, 5.74) is 1.59. The maximum atomic E-state index is 13.3. The van der Waals surface area contributed by atoms with Gasteiger partial charge in [0.1, 0.15) is 5.75 Å². The summed E-state index contributed by atoms with van der Waals surface area (Å²) < 4.78 is 6.44. The molecule has 2 amide bonds. The van der Waals surface area contributed by atoms with Crippen molar-refractivity contribution in [3.63, 3.8) is 0 Å². The highest BCUT2D eigenvalue weighted by Gasteiger charge is 2.29. The highest BCUT2D eigenvalue weighted by molar-refractivity contribution is 8.01. The zero-order valence-electron chi connectivity index (χ0n) is 16.4. The van der Waals surface area contributed by atoms with E-state index in [0.717, 1.165) is 27.8 Å². The first-order valence-electron chi connectivity index (χ1n) is 8.95. The molecule has 1 aromatic carbocycles. The molecule has 1 aromatic heterocycles. The molecule has 1 N–H and O–H groups in total. The number of amides is 2. The number of rotatable bonds is 6. The molecule has 1 saturated heterocycles. The zero-order chi connectivity index (χ0) is 20.3. The molecule has 28 heavy (non-hydrogen) atoms. The molecule has 0 unspecified atom stereocenters. The summed E-state index contributed by atoms with van der Waals surface area (Å²) in [6.45, 7) is 6.48. The Hall–Kier alpha value is -2.10. The highest BCUT2D eigenvalue weighted by Crippen LogP contribution is 2.38. The van der Waals surface area contributed by atoms with Crippen molar-refractivity contribution < 1.29 is 14.3 Å². The Morgan fingerprint density at radius 2 is 2.21 bits per heavy atom. The van der Waals surface area contributed by atoms with Crippen LogP contribution in [-0.2, 0) is 4.79 Å². The monoisotopic (exact) mass is 420 g/mol. The molecule has 3 rings (SSSR count). The fourth-order valence-electron chi connectivity index (χ4n) is 3.24. The lowest BCUT2D eigenvalue weighted by atomic mass is 10.1. The molecular formula is C19H24N4O3S2. The number of carbonyl (C=O) groups excluding carboxylic acids is 2. The van der Waals surface area contributed by atoms with E-state index in [1.165, 1.54) is 23.1 Å². The molecule has 1 aliphatic rings. The van der Waals surface area contributed by atoms with E-state index in [9.17, 15) is 9.59 Å². The van der Waals surface area contributed by atoms with Crippen molar-refractivity contribution in [1.29, 1.82) is 0 Å². The lowest BCUT2D eigenvalue weighted by Gasteiger charge is -2.38. The van der Waals surface area contributed by atoms with Gasteiger partial charge in [0.05, 0.1) is 23.1 Å². The minimum Gasteiger partial charge on any atom is -0.496 e. The van der Waals surface area contributed by atoms with Crippen LogP contribution in [-0.4, -0.2) is 66.9 Å². The first kappa shape index (κ1) is 20.6. The van der Waals surface area contributed by atoms with E-state index in [-0.39, 0.29) is 11.9 Å². The van der Waals surface area contributed by atoms with Gasteiger partial charge in [-0.05, 0) is 38.6 Å². The summed E-state index contributed by atoms with van der Waals surface area (Å²) in [7, 11) is 3.66. The van der Waals surface area contributed by atoms with Gasteiger partial charge in [0.25, 0.3) is 5.91 Å². The normalized spacial score (nSPS) is 17.4. The Bertz CT molecular complexity index is 871. The third kappa shape index (κ3) is 4.48. The number of thiazole rings is 1. The molecule has 1 fully saturated rings. The summed E-state index contributed by atoms with van der Waals surface area (Å²) in [5, 5.41) is 3.10. The van der Waals surface area contributed by atoms with Crippen LogP contribution in [0.4, 0.5) is 5.13 Å². The van der Waals surface area contributed by atoms with E-state index in [0.29, 0.717) is 29.4 Å². The summed E-state index contributed by atoms with van der Waals surface area (Å²) in [6.07, 6.45) is 2.33. The number of carbonyl (C=O) groups is 2. The van der Waals surface area contributed by atoms with Crippen LogP contribution >= 0.6 is 23.1 Å². The molecule has 2 heterocycles. The first-order chi connectivity index (χ1) is 13.4. The van der Waals surface area contributed by atoms with Gasteiger partial charge in [0.2, 0.25) is 6.41 Å². The predicted octanol–water partition coefficient (Wildman–Crippen LogP) is 2.96. The first-order valence-corrected chi connectivity index (χ1v) is 10.6. The summed E-state index contributed by atoms with van der Waals surface area (Å²) in [5.74, 6) is 0.581. The van der Waals surface area contributed by atoms with Gasteiger partial charge in [0.15, 0.2) is 5.13 Å². The molecule has 0 aliphatic carbocycles. The number of hydrogen-bond acceptors (Lipinski definition) is 7. The molecule has 0 radical (unpaired) electrons. The number of ether oxygens (including phenoxy) is 1. The maximum Gasteiger partial charge on any atom is 0.257 e. The smallest absolute Gasteiger partial charge is 0.257 e. The molecule has 9 heteroatoms. The van der Waals surface area contributed by atoms with E-state index in [1.54, 1.807) is 13.3 Å². The standard InChI is InChI=1S/C19H24N4O3S2/c1-12-7-15(26-4)14(18(25)23-6-5-22(3)10-13(23)2)8-16(12)27-17-9-20-19(28-17)21-11-24/h7-9,11,13H,5-6,10H2,1-4H3,(H,20,21,24)/t13-/m1/s1. The van der Waals surface area contributed by atoms with Gasteiger partial charge in [-0.15, -0.1) is 0 Å². The number of aryl methyl sites for hydroxylation is 1. The molecule has 2 aromatic rings. The van der Waals surface area contributed by atoms with Gasteiger partial charge in [0, 0.05) is 30.6 Å². The summed E-state index contributed by atoms with van der Waals surface area (Å²) in [4.78, 5) is 33.1. The highest BCUT2D eigenvalue weighted by atomic mass is 32.2. The zero-order valence-corrected chi connectivity index (χ0v) is 18.0. The summed E-state index contributed by atoms with van der Waals surface area (Å²) >= 11 is 2.92. The van der Waals surface area contributed by atoms with Crippen molar-refractivity contribution in [3.8, 4) is 5.75 Å². The van der Waals surface area contributed by atoms with Crippen molar-refractivity contribution in [2.75, 3.05) is 39.1 Å². The third-order valence-corrected chi connectivity index (χ3v) is 6.89. The number of likely N-dealkylation sites (N-methyl/N-ethyl adjacent to an activating group) is 1. The number of anilines is 1. The van der Waals surface area contributed by atoms with Gasteiger partial charge in [-0.3, -0.25) is 9.59 Å². The fraction of sp³-hybridized carbons (Fsp3) is 0.421. The molecule has 1 aliphatic heterocycles. The Morgan fingerprint density at radius 1 is 1.43 bits per heavy atom. The van der Waals surface area contributed by atoms with E-state index in [4.69, 9.17) is 4.74 Å². The average Bonchev–Trinajstić information content (AvgIpc) is 3.10. The fourth-order valence-corrected chi connectivity index (χ4v) is 5.14. The van der Waals surface area contributed by atoms with Crippen molar-refractivity contribution in [2.45, 2.75) is 29.0 Å². The Kier molecular flexibility index (Phi) is 6.58. The van der Waals surface area contributed by atoms with Crippen LogP contribution in [0.15, 0.2) is 27.4 Å². The molecular weight excluding hydrogens is 396 g/mol. The topological polar surface area (TPSA) is 74.8 Å². The number of aromatic nitrogens is 1. The average molecular weight is 421 g/mol. The number of methoxy groups -OCH3 is 1.